The van der Waals surface area contributed by atoms with Crippen molar-refractivity contribution in [2.75, 3.05) is 11.4 Å². The topological polar surface area (TPSA) is 47.1 Å². The Morgan fingerprint density at radius 2 is 2.21 bits per heavy atom. The number of piperidine rings is 1. The highest BCUT2D eigenvalue weighted by molar-refractivity contribution is 5.53. The van der Waals surface area contributed by atoms with E-state index in [-0.39, 0.29) is 6.04 Å². The molecule has 3 unspecified atom stereocenters. The van der Waals surface area contributed by atoms with Crippen LogP contribution in [0.15, 0.2) is 0 Å². The van der Waals surface area contributed by atoms with Gasteiger partial charge in [-0.2, -0.15) is 5.10 Å². The number of aryl methyl sites for hydroxylation is 2. The molecule has 0 amide bonds. The summed E-state index contributed by atoms with van der Waals surface area (Å²) >= 11 is 0. The van der Waals surface area contributed by atoms with E-state index in [2.05, 4.69) is 35.6 Å². The Hall–Kier alpha value is -1.03. The van der Waals surface area contributed by atoms with E-state index in [9.17, 15) is 0 Å². The Balaban J connectivity index is 1.91. The SMILES string of the molecule is CCC(N)Cc1c(C)nn(C)c1N1CC2CCC1C2. The summed E-state index contributed by atoms with van der Waals surface area (Å²) in [6, 6.07) is 0.998. The fourth-order valence-corrected chi connectivity index (χ4v) is 3.88. The maximum absolute atomic E-state index is 6.17. The number of nitrogens with two attached hydrogens (primary N) is 1. The van der Waals surface area contributed by atoms with Crippen LogP contribution in [0.3, 0.4) is 0 Å². The largest absolute Gasteiger partial charge is 0.353 e. The number of rotatable bonds is 4. The van der Waals surface area contributed by atoms with Crippen molar-refractivity contribution in [1.29, 1.82) is 0 Å². The minimum absolute atomic E-state index is 0.251. The molecule has 2 heterocycles. The minimum Gasteiger partial charge on any atom is -0.353 e. The third-order valence-corrected chi connectivity index (χ3v) is 4.99. The van der Waals surface area contributed by atoms with Gasteiger partial charge in [-0.3, -0.25) is 4.68 Å². The molecule has 1 saturated carbocycles. The molecule has 1 aliphatic carbocycles. The molecule has 1 saturated heterocycles. The normalized spacial score (nSPS) is 27.3. The molecule has 3 atom stereocenters. The lowest BCUT2D eigenvalue weighted by Crippen LogP contribution is -2.34. The van der Waals surface area contributed by atoms with Gasteiger partial charge < -0.3 is 10.6 Å². The summed E-state index contributed by atoms with van der Waals surface area (Å²) in [6.07, 6.45) is 6.14. The van der Waals surface area contributed by atoms with Crippen LogP contribution in [0.25, 0.3) is 0 Å². The second kappa shape index (κ2) is 4.82. The summed E-state index contributed by atoms with van der Waals surface area (Å²) in [5.41, 5.74) is 8.71. The van der Waals surface area contributed by atoms with Crippen molar-refractivity contribution >= 4 is 5.82 Å². The van der Waals surface area contributed by atoms with Gasteiger partial charge in [-0.25, -0.2) is 0 Å². The van der Waals surface area contributed by atoms with Gasteiger partial charge in [0.05, 0.1) is 5.69 Å². The van der Waals surface area contributed by atoms with E-state index in [1.165, 1.54) is 37.2 Å². The number of nitrogens with zero attached hydrogens (tertiary/aromatic N) is 3. The highest BCUT2D eigenvalue weighted by atomic mass is 15.4. The second-order valence-corrected chi connectivity index (χ2v) is 6.37. The van der Waals surface area contributed by atoms with E-state index < -0.39 is 0 Å². The summed E-state index contributed by atoms with van der Waals surface area (Å²) in [5, 5.41) is 4.65. The first-order valence-corrected chi connectivity index (χ1v) is 7.64. The number of aromatic nitrogens is 2. The van der Waals surface area contributed by atoms with Gasteiger partial charge in [-0.05, 0) is 44.9 Å². The fourth-order valence-electron chi connectivity index (χ4n) is 3.88. The molecule has 4 nitrogen and oxygen atoms in total. The third-order valence-electron chi connectivity index (χ3n) is 4.99. The molecule has 0 spiro atoms. The molecule has 0 radical (unpaired) electrons. The number of hydrogen-bond acceptors (Lipinski definition) is 3. The quantitative estimate of drug-likeness (QED) is 0.903. The zero-order chi connectivity index (χ0) is 13.6. The van der Waals surface area contributed by atoms with Crippen molar-refractivity contribution in [2.45, 2.75) is 58.0 Å². The van der Waals surface area contributed by atoms with Crippen LogP contribution in [0.2, 0.25) is 0 Å². The van der Waals surface area contributed by atoms with Gasteiger partial charge in [0.2, 0.25) is 0 Å². The zero-order valence-electron chi connectivity index (χ0n) is 12.4. The fraction of sp³-hybridized carbons (Fsp3) is 0.800. The molecule has 2 N–H and O–H groups in total. The van der Waals surface area contributed by atoms with Crippen LogP contribution >= 0.6 is 0 Å². The lowest BCUT2D eigenvalue weighted by molar-refractivity contribution is 0.539. The predicted molar refractivity (Wildman–Crippen MR) is 78.4 cm³/mol. The lowest BCUT2D eigenvalue weighted by Gasteiger charge is -2.30. The van der Waals surface area contributed by atoms with Crippen LogP contribution < -0.4 is 10.6 Å². The van der Waals surface area contributed by atoms with Gasteiger partial charge in [-0.15, -0.1) is 0 Å². The monoisotopic (exact) mass is 262 g/mol. The average Bonchev–Trinajstić information content (AvgIpc) is 3.05. The lowest BCUT2D eigenvalue weighted by atomic mass is 10.0. The Morgan fingerprint density at radius 3 is 2.79 bits per heavy atom. The smallest absolute Gasteiger partial charge is 0.130 e. The summed E-state index contributed by atoms with van der Waals surface area (Å²) in [7, 11) is 2.08. The van der Waals surface area contributed by atoms with E-state index in [4.69, 9.17) is 5.73 Å². The maximum atomic E-state index is 6.17. The number of hydrogen-bond donors (Lipinski definition) is 1. The molecule has 4 heteroatoms. The molecule has 1 aromatic heterocycles. The summed E-state index contributed by atoms with van der Waals surface area (Å²) in [5.74, 6) is 2.25. The third kappa shape index (κ3) is 2.16. The highest BCUT2D eigenvalue weighted by Crippen LogP contribution is 2.41. The van der Waals surface area contributed by atoms with Crippen LogP contribution in [0.1, 0.15) is 43.9 Å². The van der Waals surface area contributed by atoms with Crippen LogP contribution in [0.5, 0.6) is 0 Å². The molecule has 2 fully saturated rings. The zero-order valence-corrected chi connectivity index (χ0v) is 12.4. The predicted octanol–water partition coefficient (Wildman–Crippen LogP) is 2.00. The van der Waals surface area contributed by atoms with Gasteiger partial charge in [0.25, 0.3) is 0 Å². The van der Waals surface area contributed by atoms with E-state index in [0.29, 0.717) is 0 Å². The van der Waals surface area contributed by atoms with Gasteiger partial charge >= 0.3 is 0 Å². The standard InChI is InChI=1S/C15H26N4/c1-4-12(16)8-14-10(2)17-18(3)15(14)19-9-11-5-6-13(19)7-11/h11-13H,4-9,16H2,1-3H3. The Kier molecular flexibility index (Phi) is 3.29. The van der Waals surface area contributed by atoms with Crippen LogP contribution in [-0.2, 0) is 13.5 Å². The first kappa shape index (κ1) is 13.0. The van der Waals surface area contributed by atoms with Crippen LogP contribution in [0.4, 0.5) is 5.82 Å². The van der Waals surface area contributed by atoms with Gasteiger partial charge in [0.15, 0.2) is 0 Å². The molecule has 2 aliphatic rings. The maximum Gasteiger partial charge on any atom is 0.130 e. The first-order valence-electron chi connectivity index (χ1n) is 7.64. The van der Waals surface area contributed by atoms with Crippen molar-refractivity contribution < 1.29 is 0 Å². The first-order chi connectivity index (χ1) is 9.10. The molecule has 2 bridgehead atoms. The molecule has 0 aromatic carbocycles. The van der Waals surface area contributed by atoms with Crippen molar-refractivity contribution in [2.24, 2.45) is 18.7 Å². The van der Waals surface area contributed by atoms with E-state index in [1.807, 2.05) is 0 Å². The van der Waals surface area contributed by atoms with Crippen LogP contribution in [0, 0.1) is 12.8 Å². The molecular formula is C15H26N4. The van der Waals surface area contributed by atoms with E-state index in [1.54, 1.807) is 0 Å². The van der Waals surface area contributed by atoms with E-state index in [0.717, 1.165) is 30.5 Å². The summed E-state index contributed by atoms with van der Waals surface area (Å²) in [4.78, 5) is 2.60. The Bertz CT molecular complexity index is 465. The number of fused-ring (bicyclic) bond motifs is 2. The summed E-state index contributed by atoms with van der Waals surface area (Å²) < 4.78 is 2.08. The van der Waals surface area contributed by atoms with Crippen molar-refractivity contribution in [1.82, 2.24) is 9.78 Å². The van der Waals surface area contributed by atoms with E-state index >= 15 is 0 Å². The molecular weight excluding hydrogens is 236 g/mol. The van der Waals surface area contributed by atoms with Gasteiger partial charge in [0.1, 0.15) is 5.82 Å². The van der Waals surface area contributed by atoms with Gasteiger partial charge in [0, 0.05) is 31.2 Å². The Morgan fingerprint density at radius 1 is 1.42 bits per heavy atom. The molecule has 1 aliphatic heterocycles. The highest BCUT2D eigenvalue weighted by Gasteiger charge is 2.40. The molecule has 106 valence electrons. The Labute approximate surface area is 116 Å². The molecule has 3 rings (SSSR count). The molecule has 1 aromatic rings. The van der Waals surface area contributed by atoms with Gasteiger partial charge in [-0.1, -0.05) is 6.92 Å². The van der Waals surface area contributed by atoms with Crippen molar-refractivity contribution in [3.05, 3.63) is 11.3 Å². The average molecular weight is 262 g/mol. The number of anilines is 1. The van der Waals surface area contributed by atoms with Crippen molar-refractivity contribution in [3.63, 3.8) is 0 Å². The second-order valence-electron chi connectivity index (χ2n) is 6.37. The van der Waals surface area contributed by atoms with Crippen LogP contribution in [-0.4, -0.2) is 28.4 Å². The molecule has 19 heavy (non-hydrogen) atoms. The summed E-state index contributed by atoms with van der Waals surface area (Å²) in [6.45, 7) is 5.50. The van der Waals surface area contributed by atoms with Crippen molar-refractivity contribution in [3.8, 4) is 0 Å². The minimum atomic E-state index is 0.251.